The maximum absolute atomic E-state index is 13.1. The fourth-order valence-electron chi connectivity index (χ4n) is 4.12. The quantitative estimate of drug-likeness (QED) is 0.242. The second-order valence-corrected chi connectivity index (χ2v) is 17.7. The maximum Gasteiger partial charge on any atom is 0.272 e. The number of pyridine rings is 1. The monoisotopic (exact) mass is 584 g/mol. The van der Waals surface area contributed by atoms with E-state index in [4.69, 9.17) is 19.5 Å². The van der Waals surface area contributed by atoms with E-state index in [1.807, 2.05) is 31.2 Å². The fourth-order valence-corrected chi connectivity index (χ4v) is 5.06. The molecule has 220 valence electrons. The molecule has 1 amide bonds. The molecule has 0 bridgehead atoms. The van der Waals surface area contributed by atoms with Gasteiger partial charge in [0.2, 0.25) is 0 Å². The molecule has 4 rings (SSSR count). The van der Waals surface area contributed by atoms with Crippen molar-refractivity contribution in [3.05, 3.63) is 71.2 Å². The number of carbonyl (C=O) groups excluding carboxylic acids is 1. The Hall–Kier alpha value is -3.91. The summed E-state index contributed by atoms with van der Waals surface area (Å²) < 4.78 is 8.14. The first-order valence-corrected chi connectivity index (χ1v) is 17.0. The van der Waals surface area contributed by atoms with Crippen LogP contribution in [-0.4, -0.2) is 50.6 Å². The molecule has 3 heterocycles. The number of aromatic nitrogens is 4. The number of nitriles is 1. The van der Waals surface area contributed by atoms with Crippen LogP contribution >= 0.6 is 0 Å². The summed E-state index contributed by atoms with van der Waals surface area (Å²) in [6.45, 7) is 18.4. The van der Waals surface area contributed by atoms with Crippen LogP contribution in [-0.2, 0) is 11.0 Å². The second-order valence-electron chi connectivity index (χ2n) is 12.9. The largest absolute Gasteiger partial charge is 0.411 e. The average molecular weight is 585 g/mol. The third-order valence-electron chi connectivity index (χ3n) is 8.05. The molecule has 0 unspecified atom stereocenters. The van der Waals surface area contributed by atoms with Gasteiger partial charge in [0, 0.05) is 16.8 Å². The molecule has 0 saturated carbocycles. The number of hydrogen-bond acceptors (Lipinski definition) is 7. The smallest absolute Gasteiger partial charge is 0.272 e. The van der Waals surface area contributed by atoms with Crippen LogP contribution < -0.4 is 5.32 Å². The molecular weight excluding hydrogens is 544 g/mol. The van der Waals surface area contributed by atoms with E-state index in [1.54, 1.807) is 49.6 Å². The van der Waals surface area contributed by atoms with Crippen LogP contribution in [0.15, 0.2) is 48.5 Å². The molecule has 0 aliphatic carbocycles. The first-order chi connectivity index (χ1) is 19.5. The van der Waals surface area contributed by atoms with Gasteiger partial charge in [-0.1, -0.05) is 32.9 Å². The molecule has 1 atom stereocenters. The number of carbonyl (C=O) groups is 1. The van der Waals surface area contributed by atoms with Gasteiger partial charge in [-0.05, 0) is 82.2 Å². The Morgan fingerprint density at radius 3 is 2.45 bits per heavy atom. The molecule has 0 saturated heterocycles. The predicted molar refractivity (Wildman–Crippen MR) is 166 cm³/mol. The van der Waals surface area contributed by atoms with E-state index in [0.29, 0.717) is 29.2 Å². The lowest BCUT2D eigenvalue weighted by atomic mass is 10.0. The summed E-state index contributed by atoms with van der Waals surface area (Å²) >= 11 is 0. The van der Waals surface area contributed by atoms with E-state index in [-0.39, 0.29) is 10.7 Å². The summed E-state index contributed by atoms with van der Waals surface area (Å²) in [6, 6.07) is 16.3. The topological polar surface area (TPSA) is 125 Å². The zero-order chi connectivity index (χ0) is 31.0. The van der Waals surface area contributed by atoms with Gasteiger partial charge in [0.1, 0.15) is 11.4 Å². The number of nitrogens with one attached hydrogen (secondary N) is 1. The molecule has 9 nitrogen and oxygen atoms in total. The minimum absolute atomic E-state index is 0.0594. The van der Waals surface area contributed by atoms with Crippen LogP contribution in [0.25, 0.3) is 28.2 Å². The zero-order valence-corrected chi connectivity index (χ0v) is 26.9. The van der Waals surface area contributed by atoms with Crippen molar-refractivity contribution in [3.8, 4) is 28.6 Å². The molecule has 2 N–H and O–H groups in total. The number of fused-ring (bicyclic) bond motifs is 1. The Labute approximate surface area is 248 Å². The lowest BCUT2D eigenvalue weighted by Crippen LogP contribution is -2.47. The molecule has 0 aliphatic rings. The lowest BCUT2D eigenvalue weighted by Gasteiger charge is -2.36. The van der Waals surface area contributed by atoms with Crippen molar-refractivity contribution in [2.45, 2.75) is 84.8 Å². The third-order valence-corrected chi connectivity index (χ3v) is 12.5. The van der Waals surface area contributed by atoms with Crippen molar-refractivity contribution in [1.29, 1.82) is 5.26 Å². The SMILES string of the molecule is Cc1cc(-c2c(-c3cccc(C#N)c3)nc3ccc(C(=O)N[C@@H](C)C(C)(C)O)nn23)cc(CO[Si](C)(C)C(C)(C)C)n1. The lowest BCUT2D eigenvalue weighted by molar-refractivity contribution is 0.0407. The Morgan fingerprint density at radius 2 is 1.81 bits per heavy atom. The van der Waals surface area contributed by atoms with Crippen LogP contribution in [0.1, 0.15) is 69.0 Å². The molecule has 42 heavy (non-hydrogen) atoms. The average Bonchev–Trinajstić information content (AvgIpc) is 3.29. The van der Waals surface area contributed by atoms with Crippen molar-refractivity contribution in [3.63, 3.8) is 0 Å². The number of amides is 1. The van der Waals surface area contributed by atoms with E-state index in [2.05, 4.69) is 45.3 Å². The Bertz CT molecular complexity index is 1670. The summed E-state index contributed by atoms with van der Waals surface area (Å²) in [5, 5.41) is 27.5. The number of aryl methyl sites for hydroxylation is 1. The third kappa shape index (κ3) is 6.59. The number of aliphatic hydroxyl groups is 1. The Balaban J connectivity index is 1.87. The van der Waals surface area contributed by atoms with Gasteiger partial charge < -0.3 is 14.8 Å². The van der Waals surface area contributed by atoms with Crippen molar-refractivity contribution in [2.24, 2.45) is 0 Å². The summed E-state index contributed by atoms with van der Waals surface area (Å²) in [7, 11) is -2.02. The normalized spacial score (nSPS) is 13.2. The van der Waals surface area contributed by atoms with Gasteiger partial charge in [-0.15, -0.1) is 0 Å². The highest BCUT2D eigenvalue weighted by molar-refractivity contribution is 6.74. The van der Waals surface area contributed by atoms with Crippen LogP contribution in [0.4, 0.5) is 0 Å². The predicted octanol–water partition coefficient (Wildman–Crippen LogP) is 6.05. The maximum atomic E-state index is 13.1. The van der Waals surface area contributed by atoms with Gasteiger partial charge in [-0.3, -0.25) is 9.78 Å². The minimum Gasteiger partial charge on any atom is -0.411 e. The standard InChI is InChI=1S/C32H40N6O3Si/c1-20-15-24(17-25(34-20)19-41-42(8,9)31(3,4)5)29-28(23-12-10-11-22(16-23)18-33)36-27-14-13-26(37-38(27)29)30(39)35-21(2)32(6,7)40/h10-17,21,40H,19H2,1-9H3,(H,35,39)/t21-/m0/s1. The van der Waals surface area contributed by atoms with Crippen molar-refractivity contribution in [2.75, 3.05) is 0 Å². The molecule has 0 radical (unpaired) electrons. The van der Waals surface area contributed by atoms with Crippen molar-refractivity contribution < 1.29 is 14.3 Å². The molecule has 3 aromatic heterocycles. The highest BCUT2D eigenvalue weighted by atomic mass is 28.4. The van der Waals surface area contributed by atoms with Gasteiger partial charge in [-0.25, -0.2) is 9.50 Å². The number of benzene rings is 1. The van der Waals surface area contributed by atoms with Gasteiger partial charge in [0.15, 0.2) is 14.0 Å². The summed E-state index contributed by atoms with van der Waals surface area (Å²) in [6.07, 6.45) is 0. The molecule has 10 heteroatoms. The van der Waals surface area contributed by atoms with Crippen LogP contribution in [0.3, 0.4) is 0 Å². The first kappa shape index (κ1) is 31.0. The van der Waals surface area contributed by atoms with E-state index in [1.165, 1.54) is 0 Å². The summed E-state index contributed by atoms with van der Waals surface area (Å²) in [5.74, 6) is -0.409. The molecule has 4 aromatic rings. The van der Waals surface area contributed by atoms with Crippen LogP contribution in [0, 0.1) is 18.3 Å². The van der Waals surface area contributed by atoms with Crippen LogP contribution in [0.2, 0.25) is 18.1 Å². The highest BCUT2D eigenvalue weighted by Crippen LogP contribution is 2.38. The van der Waals surface area contributed by atoms with Crippen molar-refractivity contribution >= 4 is 19.9 Å². The van der Waals surface area contributed by atoms with Crippen LogP contribution in [0.5, 0.6) is 0 Å². The minimum atomic E-state index is -2.02. The van der Waals surface area contributed by atoms with E-state index in [0.717, 1.165) is 22.5 Å². The highest BCUT2D eigenvalue weighted by Gasteiger charge is 2.37. The summed E-state index contributed by atoms with van der Waals surface area (Å²) in [4.78, 5) is 22.8. The molecular formula is C32H40N6O3Si. The van der Waals surface area contributed by atoms with E-state index >= 15 is 0 Å². The van der Waals surface area contributed by atoms with Gasteiger partial charge in [0.25, 0.3) is 5.91 Å². The van der Waals surface area contributed by atoms with E-state index in [9.17, 15) is 15.2 Å². The van der Waals surface area contributed by atoms with E-state index < -0.39 is 25.9 Å². The number of hydrogen-bond donors (Lipinski definition) is 2. The number of rotatable bonds is 8. The number of nitrogens with zero attached hydrogens (tertiary/aromatic N) is 5. The van der Waals surface area contributed by atoms with Gasteiger partial charge in [0.05, 0.1) is 41.3 Å². The zero-order valence-electron chi connectivity index (χ0n) is 25.9. The number of imidazole rings is 1. The Kier molecular flexibility index (Phi) is 8.42. The molecule has 1 aromatic carbocycles. The molecule has 0 spiro atoms. The summed E-state index contributed by atoms with van der Waals surface area (Å²) in [5.41, 5.74) is 4.60. The Morgan fingerprint density at radius 1 is 1.10 bits per heavy atom. The molecule has 0 fully saturated rings. The second kappa shape index (κ2) is 11.4. The van der Waals surface area contributed by atoms with Gasteiger partial charge >= 0.3 is 0 Å². The first-order valence-electron chi connectivity index (χ1n) is 14.1. The van der Waals surface area contributed by atoms with Gasteiger partial charge in [-0.2, -0.15) is 10.4 Å². The molecule has 0 aliphatic heterocycles. The fraction of sp³-hybridized carbons (Fsp3) is 0.406. The van der Waals surface area contributed by atoms with Crippen molar-refractivity contribution in [1.82, 2.24) is 24.9 Å².